The van der Waals surface area contributed by atoms with Crippen molar-refractivity contribution >= 4 is 5.97 Å². The van der Waals surface area contributed by atoms with Crippen LogP contribution in [-0.4, -0.2) is 5.97 Å². The molecule has 0 N–H and O–H groups in total. The lowest BCUT2D eigenvalue weighted by Crippen LogP contribution is -2.21. The minimum Gasteiger partial charge on any atom is -0.550 e. The van der Waals surface area contributed by atoms with Gasteiger partial charge in [-0.25, -0.2) is 0 Å². The normalized spacial score (nSPS) is 15.2. The smallest absolute Gasteiger partial charge is 0.0417 e. The quantitative estimate of drug-likeness (QED) is 0.383. The van der Waals surface area contributed by atoms with Gasteiger partial charge in [0.1, 0.15) is 0 Å². The molecular weight excluding hydrogens is 296 g/mol. The molecule has 0 aliphatic heterocycles. The molecule has 0 spiro atoms. The van der Waals surface area contributed by atoms with E-state index in [1.807, 2.05) is 6.08 Å². The van der Waals surface area contributed by atoms with Crippen molar-refractivity contribution in [2.24, 2.45) is 17.8 Å². The number of carboxylic acid groups (broad SMARTS) is 1. The lowest BCUT2D eigenvalue weighted by molar-refractivity contribution is -0.305. The summed E-state index contributed by atoms with van der Waals surface area (Å²) in [5, 5.41) is 10.4. The average molecular weight is 336 g/mol. The number of carbonyl (C=O) groups is 1. The Labute approximate surface area is 150 Å². The standard InChI is InChI=1S/C22H40O2/c1-18(2)10-6-11-19(3)12-7-13-20(4)14-8-15-21(5)16-9-17-22(23)24/h8,14,16,18-20H,6-7,9-13,15,17H2,1-5H3,(H,23,24)/p-1/b14-8+,21-16+. The SMILES string of the molecule is C/C(=C\CCC(=O)[O-])C/C=C/C(C)CCCC(C)CCCC(C)C. The molecule has 0 aromatic rings. The molecule has 0 saturated heterocycles. The minimum absolute atomic E-state index is 0.118. The molecule has 24 heavy (non-hydrogen) atoms. The number of hydrogen-bond donors (Lipinski definition) is 0. The monoisotopic (exact) mass is 335 g/mol. The van der Waals surface area contributed by atoms with Crippen LogP contribution in [0.15, 0.2) is 23.8 Å². The van der Waals surface area contributed by atoms with Gasteiger partial charge < -0.3 is 9.90 Å². The highest BCUT2D eigenvalue weighted by Gasteiger charge is 2.04. The van der Waals surface area contributed by atoms with Crippen LogP contribution in [0.4, 0.5) is 0 Å². The number of aliphatic carboxylic acids is 1. The predicted octanol–water partition coefficient (Wildman–Crippen LogP) is 5.68. The summed E-state index contributed by atoms with van der Waals surface area (Å²) in [5.74, 6) is 1.35. The van der Waals surface area contributed by atoms with Crippen molar-refractivity contribution in [1.82, 2.24) is 0 Å². The van der Waals surface area contributed by atoms with Crippen molar-refractivity contribution in [2.45, 2.75) is 92.4 Å². The summed E-state index contributed by atoms with van der Waals surface area (Å²) in [4.78, 5) is 10.4. The molecule has 140 valence electrons. The Morgan fingerprint density at radius 3 is 2.21 bits per heavy atom. The molecular formula is C22H39O2-. The van der Waals surface area contributed by atoms with Gasteiger partial charge in [-0.15, -0.1) is 0 Å². The third kappa shape index (κ3) is 15.8. The zero-order valence-corrected chi connectivity index (χ0v) is 16.6. The molecule has 0 aromatic carbocycles. The summed E-state index contributed by atoms with van der Waals surface area (Å²) in [5.41, 5.74) is 1.23. The molecule has 2 nitrogen and oxygen atoms in total. The Bertz CT molecular complexity index is 379. The van der Waals surface area contributed by atoms with Crippen molar-refractivity contribution in [2.75, 3.05) is 0 Å². The van der Waals surface area contributed by atoms with E-state index in [0.29, 0.717) is 12.3 Å². The summed E-state index contributed by atoms with van der Waals surface area (Å²) < 4.78 is 0. The highest BCUT2D eigenvalue weighted by Crippen LogP contribution is 2.19. The van der Waals surface area contributed by atoms with Crippen LogP contribution < -0.4 is 5.11 Å². The van der Waals surface area contributed by atoms with Gasteiger partial charge in [-0.05, 0) is 50.4 Å². The van der Waals surface area contributed by atoms with Gasteiger partial charge in [-0.2, -0.15) is 0 Å². The van der Waals surface area contributed by atoms with Crippen molar-refractivity contribution in [3.05, 3.63) is 23.8 Å². The fourth-order valence-corrected chi connectivity index (χ4v) is 2.91. The first kappa shape index (κ1) is 22.9. The Hall–Kier alpha value is -1.05. The highest BCUT2D eigenvalue weighted by atomic mass is 16.4. The van der Waals surface area contributed by atoms with Gasteiger partial charge in [0.25, 0.3) is 0 Å². The number of carboxylic acids is 1. The van der Waals surface area contributed by atoms with Crippen molar-refractivity contribution in [1.29, 1.82) is 0 Å². The Morgan fingerprint density at radius 2 is 1.62 bits per heavy atom. The molecule has 2 heteroatoms. The van der Waals surface area contributed by atoms with Gasteiger partial charge in [-0.1, -0.05) is 83.6 Å². The summed E-state index contributed by atoms with van der Waals surface area (Å²) in [6.45, 7) is 11.3. The second kappa shape index (κ2) is 14.3. The molecule has 0 amide bonds. The summed E-state index contributed by atoms with van der Waals surface area (Å²) in [7, 11) is 0. The molecule has 0 heterocycles. The van der Waals surface area contributed by atoms with E-state index in [9.17, 15) is 9.90 Å². The van der Waals surface area contributed by atoms with Crippen molar-refractivity contribution in [3.63, 3.8) is 0 Å². The van der Waals surface area contributed by atoms with E-state index < -0.39 is 5.97 Å². The highest BCUT2D eigenvalue weighted by molar-refractivity contribution is 5.64. The number of hydrogen-bond acceptors (Lipinski definition) is 2. The Kier molecular flexibility index (Phi) is 13.7. The minimum atomic E-state index is -0.971. The van der Waals surface area contributed by atoms with Crippen LogP contribution in [-0.2, 0) is 4.79 Å². The third-order valence-corrected chi connectivity index (χ3v) is 4.58. The zero-order chi connectivity index (χ0) is 18.4. The topological polar surface area (TPSA) is 40.1 Å². The average Bonchev–Trinajstić information content (AvgIpc) is 2.46. The van der Waals surface area contributed by atoms with Crippen LogP contribution in [0.5, 0.6) is 0 Å². The van der Waals surface area contributed by atoms with Crippen LogP contribution in [0.25, 0.3) is 0 Å². The number of allylic oxidation sites excluding steroid dienone is 4. The maximum absolute atomic E-state index is 10.4. The van der Waals surface area contributed by atoms with E-state index in [1.54, 1.807) is 0 Å². The molecule has 2 unspecified atom stereocenters. The van der Waals surface area contributed by atoms with Gasteiger partial charge >= 0.3 is 0 Å². The maximum Gasteiger partial charge on any atom is 0.0417 e. The summed E-state index contributed by atoms with van der Waals surface area (Å²) in [6.07, 6.45) is 16.2. The van der Waals surface area contributed by atoms with Crippen LogP contribution >= 0.6 is 0 Å². The molecule has 0 fully saturated rings. The van der Waals surface area contributed by atoms with Crippen molar-refractivity contribution < 1.29 is 9.90 Å². The largest absolute Gasteiger partial charge is 0.550 e. The molecule has 0 rings (SSSR count). The van der Waals surface area contributed by atoms with Crippen molar-refractivity contribution in [3.8, 4) is 0 Å². The van der Waals surface area contributed by atoms with Crippen LogP contribution in [0.3, 0.4) is 0 Å². The fourth-order valence-electron chi connectivity index (χ4n) is 2.91. The van der Waals surface area contributed by atoms with E-state index in [1.165, 1.54) is 44.1 Å². The lowest BCUT2D eigenvalue weighted by Gasteiger charge is -2.13. The van der Waals surface area contributed by atoms with Crippen LogP contribution in [0.1, 0.15) is 92.4 Å². The fraction of sp³-hybridized carbons (Fsp3) is 0.773. The molecule has 0 aromatic heterocycles. The second-order valence-corrected chi connectivity index (χ2v) is 7.93. The van der Waals surface area contributed by atoms with Gasteiger partial charge in [0.2, 0.25) is 0 Å². The lowest BCUT2D eigenvalue weighted by atomic mass is 9.93. The van der Waals surface area contributed by atoms with Crippen LogP contribution in [0, 0.1) is 17.8 Å². The number of carbonyl (C=O) groups excluding carboxylic acids is 1. The van der Waals surface area contributed by atoms with Gasteiger partial charge in [-0.3, -0.25) is 0 Å². The Balaban J connectivity index is 3.77. The molecule has 0 aliphatic carbocycles. The molecule has 0 bridgehead atoms. The van der Waals surface area contributed by atoms with E-state index in [0.717, 1.165) is 18.3 Å². The first-order chi connectivity index (χ1) is 11.3. The van der Waals surface area contributed by atoms with Gasteiger partial charge in [0.15, 0.2) is 0 Å². The predicted molar refractivity (Wildman–Crippen MR) is 103 cm³/mol. The maximum atomic E-state index is 10.4. The molecule has 2 atom stereocenters. The zero-order valence-electron chi connectivity index (χ0n) is 16.6. The third-order valence-electron chi connectivity index (χ3n) is 4.58. The van der Waals surface area contributed by atoms with E-state index >= 15 is 0 Å². The molecule has 0 saturated carbocycles. The first-order valence-electron chi connectivity index (χ1n) is 9.83. The molecule has 0 radical (unpaired) electrons. The second-order valence-electron chi connectivity index (χ2n) is 7.93. The van der Waals surface area contributed by atoms with Gasteiger partial charge in [0, 0.05) is 5.97 Å². The van der Waals surface area contributed by atoms with Gasteiger partial charge in [0.05, 0.1) is 0 Å². The first-order valence-corrected chi connectivity index (χ1v) is 9.83. The van der Waals surface area contributed by atoms with E-state index in [-0.39, 0.29) is 6.42 Å². The number of rotatable bonds is 14. The van der Waals surface area contributed by atoms with E-state index in [4.69, 9.17) is 0 Å². The Morgan fingerprint density at radius 1 is 1.00 bits per heavy atom. The van der Waals surface area contributed by atoms with Crippen LogP contribution in [0.2, 0.25) is 0 Å². The summed E-state index contributed by atoms with van der Waals surface area (Å²) >= 11 is 0. The summed E-state index contributed by atoms with van der Waals surface area (Å²) in [6, 6.07) is 0. The van der Waals surface area contributed by atoms with E-state index in [2.05, 4.69) is 46.8 Å². The molecule has 0 aliphatic rings.